The van der Waals surface area contributed by atoms with Crippen LogP contribution in [-0.2, 0) is 9.53 Å². The first-order chi connectivity index (χ1) is 10.3. The molecule has 0 saturated heterocycles. The Bertz CT molecular complexity index is 320. The number of ether oxygens (including phenoxy) is 1. The second kappa shape index (κ2) is 16.8. The van der Waals surface area contributed by atoms with Crippen LogP contribution < -0.4 is 0 Å². The summed E-state index contributed by atoms with van der Waals surface area (Å²) in [4.78, 5) is 10.9. The largest absolute Gasteiger partial charge is 0.469 e. The van der Waals surface area contributed by atoms with Gasteiger partial charge in [-0.3, -0.25) is 4.79 Å². The molecule has 0 atom stereocenters. The van der Waals surface area contributed by atoms with E-state index in [1.54, 1.807) is 0 Å². The van der Waals surface area contributed by atoms with Crippen molar-refractivity contribution in [1.82, 2.24) is 0 Å². The summed E-state index contributed by atoms with van der Waals surface area (Å²) < 4.78 is 4.61. The van der Waals surface area contributed by atoms with Crippen molar-refractivity contribution in [2.75, 3.05) is 7.11 Å². The van der Waals surface area contributed by atoms with E-state index < -0.39 is 0 Å². The van der Waals surface area contributed by atoms with Crippen LogP contribution >= 0.6 is 0 Å². The molecule has 0 aromatic carbocycles. The van der Waals surface area contributed by atoms with Gasteiger partial charge in [0.15, 0.2) is 0 Å². The average Bonchev–Trinajstić information content (AvgIpc) is 2.50. The summed E-state index contributed by atoms with van der Waals surface area (Å²) >= 11 is 0. The van der Waals surface area contributed by atoms with Crippen molar-refractivity contribution in [3.8, 4) is 11.8 Å². The lowest BCUT2D eigenvalue weighted by atomic mass is 10.1. The fourth-order valence-electron chi connectivity index (χ4n) is 2.09. The Labute approximate surface area is 131 Å². The molecule has 0 aliphatic rings. The molecule has 120 valence electrons. The fraction of sp³-hybridized carbons (Fsp3) is 0.737. The van der Waals surface area contributed by atoms with Gasteiger partial charge in [-0.15, -0.1) is 11.8 Å². The predicted molar refractivity (Wildman–Crippen MR) is 90.0 cm³/mol. The molecule has 0 amide bonds. The molecule has 2 nitrogen and oxygen atoms in total. The molecule has 21 heavy (non-hydrogen) atoms. The minimum Gasteiger partial charge on any atom is -0.469 e. The fourth-order valence-corrected chi connectivity index (χ4v) is 2.09. The maximum absolute atomic E-state index is 10.9. The van der Waals surface area contributed by atoms with Gasteiger partial charge in [0.25, 0.3) is 0 Å². The number of hydrogen-bond donors (Lipinski definition) is 0. The second-order valence-electron chi connectivity index (χ2n) is 5.32. The Morgan fingerprint density at radius 2 is 1.52 bits per heavy atom. The normalized spacial score (nSPS) is 10.4. The van der Waals surface area contributed by atoms with E-state index in [0.717, 1.165) is 38.5 Å². The van der Waals surface area contributed by atoms with E-state index in [9.17, 15) is 4.79 Å². The lowest BCUT2D eigenvalue weighted by Gasteiger charge is -2.00. The summed E-state index contributed by atoms with van der Waals surface area (Å²) in [6, 6.07) is 0. The highest BCUT2D eigenvalue weighted by Gasteiger charge is 1.98. The van der Waals surface area contributed by atoms with Gasteiger partial charge in [0.2, 0.25) is 0 Å². The number of methoxy groups -OCH3 is 1. The molecular weight excluding hydrogens is 260 g/mol. The summed E-state index contributed by atoms with van der Waals surface area (Å²) in [5, 5.41) is 0. The third kappa shape index (κ3) is 16.7. The Hall–Kier alpha value is -1.23. The number of rotatable bonds is 12. The van der Waals surface area contributed by atoms with Crippen LogP contribution in [0.3, 0.4) is 0 Å². The summed E-state index contributed by atoms with van der Waals surface area (Å²) in [6.07, 6.45) is 17.6. The van der Waals surface area contributed by atoms with Crippen LogP contribution in [0.4, 0.5) is 0 Å². The first kappa shape index (κ1) is 19.8. The summed E-state index contributed by atoms with van der Waals surface area (Å²) in [5.41, 5.74) is 0. The maximum atomic E-state index is 10.9. The summed E-state index contributed by atoms with van der Waals surface area (Å²) in [5.74, 6) is 6.41. The van der Waals surface area contributed by atoms with Gasteiger partial charge in [0, 0.05) is 19.3 Å². The van der Waals surface area contributed by atoms with E-state index in [-0.39, 0.29) is 5.97 Å². The number of unbranched alkanes of at least 4 members (excludes halogenated alkanes) is 8. The van der Waals surface area contributed by atoms with E-state index in [4.69, 9.17) is 0 Å². The molecule has 0 N–H and O–H groups in total. The summed E-state index contributed by atoms with van der Waals surface area (Å²) in [7, 11) is 1.45. The highest BCUT2D eigenvalue weighted by molar-refractivity contribution is 5.68. The molecule has 2 heteroatoms. The molecule has 0 rings (SSSR count). The predicted octanol–water partition coefficient (Wildman–Crippen LogP) is 5.42. The Morgan fingerprint density at radius 1 is 0.905 bits per heavy atom. The second-order valence-corrected chi connectivity index (χ2v) is 5.32. The van der Waals surface area contributed by atoms with Crippen LogP contribution in [0, 0.1) is 11.8 Å². The topological polar surface area (TPSA) is 26.3 Å². The van der Waals surface area contributed by atoms with Gasteiger partial charge in [-0.2, -0.15) is 0 Å². The molecule has 0 unspecified atom stereocenters. The van der Waals surface area contributed by atoms with Gasteiger partial charge in [0.1, 0.15) is 0 Å². The van der Waals surface area contributed by atoms with Crippen LogP contribution in [0.2, 0.25) is 0 Å². The highest BCUT2D eigenvalue weighted by atomic mass is 16.5. The number of carbonyl (C=O) groups excluding carboxylic acids is 1. The first-order valence-corrected chi connectivity index (χ1v) is 8.48. The molecule has 0 heterocycles. The maximum Gasteiger partial charge on any atom is 0.305 e. The molecule has 0 aliphatic carbocycles. The lowest BCUT2D eigenvalue weighted by molar-refractivity contribution is -0.140. The van der Waals surface area contributed by atoms with Gasteiger partial charge >= 0.3 is 5.97 Å². The van der Waals surface area contributed by atoms with Crippen LogP contribution in [0.1, 0.15) is 84.0 Å². The summed E-state index contributed by atoms with van der Waals surface area (Å²) in [6.45, 7) is 2.15. The molecule has 0 aromatic heterocycles. The zero-order valence-corrected chi connectivity index (χ0v) is 14.0. The minimum absolute atomic E-state index is 0.0845. The van der Waals surface area contributed by atoms with E-state index in [0.29, 0.717) is 6.42 Å². The molecule has 0 aromatic rings. The van der Waals surface area contributed by atoms with Crippen LogP contribution in [0.25, 0.3) is 0 Å². The van der Waals surface area contributed by atoms with Crippen molar-refractivity contribution in [1.29, 1.82) is 0 Å². The van der Waals surface area contributed by atoms with Crippen molar-refractivity contribution in [2.45, 2.75) is 84.0 Å². The van der Waals surface area contributed by atoms with Crippen LogP contribution in [0.15, 0.2) is 12.2 Å². The van der Waals surface area contributed by atoms with Gasteiger partial charge in [-0.25, -0.2) is 0 Å². The van der Waals surface area contributed by atoms with Gasteiger partial charge < -0.3 is 4.74 Å². The zero-order valence-electron chi connectivity index (χ0n) is 14.0. The van der Waals surface area contributed by atoms with Crippen molar-refractivity contribution < 1.29 is 9.53 Å². The standard InChI is InChI=1S/C19H32O2/c1-3-4-5-6-7-8-9-10-11-12-13-14-15-16-17-18-19(20)21-2/h4-5H,3,6-7,10-18H2,1-2H3. The van der Waals surface area contributed by atoms with E-state index in [2.05, 4.69) is 35.7 Å². The monoisotopic (exact) mass is 292 g/mol. The number of allylic oxidation sites excluding steroid dienone is 2. The van der Waals surface area contributed by atoms with Crippen LogP contribution in [-0.4, -0.2) is 13.1 Å². The Balaban J connectivity index is 3.17. The Kier molecular flexibility index (Phi) is 15.8. The van der Waals surface area contributed by atoms with E-state index in [1.807, 2.05) is 0 Å². The zero-order chi connectivity index (χ0) is 15.6. The van der Waals surface area contributed by atoms with Crippen LogP contribution in [0.5, 0.6) is 0 Å². The molecule has 0 bridgehead atoms. The first-order valence-electron chi connectivity index (χ1n) is 8.48. The van der Waals surface area contributed by atoms with Crippen molar-refractivity contribution in [3.05, 3.63) is 12.2 Å². The van der Waals surface area contributed by atoms with Crippen molar-refractivity contribution in [3.63, 3.8) is 0 Å². The van der Waals surface area contributed by atoms with E-state index in [1.165, 1.54) is 39.2 Å². The Morgan fingerprint density at radius 3 is 2.19 bits per heavy atom. The highest BCUT2D eigenvalue weighted by Crippen LogP contribution is 2.09. The molecule has 0 saturated carbocycles. The van der Waals surface area contributed by atoms with Gasteiger partial charge in [-0.05, 0) is 25.7 Å². The average molecular weight is 292 g/mol. The smallest absolute Gasteiger partial charge is 0.305 e. The molecule has 0 radical (unpaired) electrons. The van der Waals surface area contributed by atoms with Crippen molar-refractivity contribution in [2.24, 2.45) is 0 Å². The number of esters is 1. The molecule has 0 aliphatic heterocycles. The lowest BCUT2D eigenvalue weighted by Crippen LogP contribution is -1.99. The molecular formula is C19H32O2. The van der Waals surface area contributed by atoms with Gasteiger partial charge in [-0.1, -0.05) is 51.2 Å². The molecule has 0 spiro atoms. The number of hydrogen-bond acceptors (Lipinski definition) is 2. The third-order valence-corrected chi connectivity index (χ3v) is 3.37. The SMILES string of the molecule is CCC=CCCC#CCCCCCCCCCC(=O)OC. The van der Waals surface area contributed by atoms with Crippen molar-refractivity contribution >= 4 is 5.97 Å². The van der Waals surface area contributed by atoms with Gasteiger partial charge in [0.05, 0.1) is 7.11 Å². The number of carbonyl (C=O) groups is 1. The molecule has 0 fully saturated rings. The third-order valence-electron chi connectivity index (χ3n) is 3.37. The quantitative estimate of drug-likeness (QED) is 0.208. The van der Waals surface area contributed by atoms with E-state index >= 15 is 0 Å². The minimum atomic E-state index is -0.0845.